The van der Waals surface area contributed by atoms with Crippen molar-refractivity contribution in [3.05, 3.63) is 64.7 Å². The quantitative estimate of drug-likeness (QED) is 0.676. The van der Waals surface area contributed by atoms with Gasteiger partial charge < -0.3 is 5.73 Å². The van der Waals surface area contributed by atoms with E-state index in [2.05, 4.69) is 0 Å². The first kappa shape index (κ1) is 13.6. The molecule has 0 bridgehead atoms. The lowest BCUT2D eigenvalue weighted by atomic mass is 9.78. The van der Waals surface area contributed by atoms with Gasteiger partial charge in [-0.2, -0.15) is 0 Å². The highest BCUT2D eigenvalue weighted by atomic mass is 35.5. The van der Waals surface area contributed by atoms with Gasteiger partial charge >= 0.3 is 0 Å². The molecule has 0 heterocycles. The van der Waals surface area contributed by atoms with Crippen molar-refractivity contribution in [3.8, 4) is 0 Å². The molecule has 3 heteroatoms. The zero-order chi connectivity index (χ0) is 14.0. The second-order valence-corrected chi connectivity index (χ2v) is 5.47. The number of halogens is 1. The van der Waals surface area contributed by atoms with E-state index in [1.54, 1.807) is 18.2 Å². The highest BCUT2D eigenvalue weighted by Crippen LogP contribution is 2.31. The molecule has 0 aromatic heterocycles. The summed E-state index contributed by atoms with van der Waals surface area (Å²) in [7, 11) is 0. The molecule has 0 amide bonds. The van der Waals surface area contributed by atoms with Crippen LogP contribution in [0.3, 0.4) is 0 Å². The van der Waals surface area contributed by atoms with Crippen LogP contribution in [0, 0.1) is 0 Å². The number of nitrogen functional groups attached to an aromatic ring is 1. The molecule has 2 aromatic rings. The van der Waals surface area contributed by atoms with Crippen LogP contribution in [0.25, 0.3) is 0 Å². The van der Waals surface area contributed by atoms with E-state index >= 15 is 0 Å². The number of hydrogen-bond donors (Lipinski definition) is 1. The number of hydrogen-bond acceptors (Lipinski definition) is 2. The lowest BCUT2D eigenvalue weighted by molar-refractivity contribution is 0.0909. The molecule has 0 fully saturated rings. The Kier molecular flexibility index (Phi) is 3.63. The summed E-state index contributed by atoms with van der Waals surface area (Å²) >= 11 is 6.12. The van der Waals surface area contributed by atoms with Gasteiger partial charge in [-0.3, -0.25) is 4.79 Å². The molecule has 19 heavy (non-hydrogen) atoms. The predicted molar refractivity (Wildman–Crippen MR) is 79.7 cm³/mol. The van der Waals surface area contributed by atoms with Gasteiger partial charge in [0.05, 0.1) is 10.4 Å². The van der Waals surface area contributed by atoms with Crippen molar-refractivity contribution in [2.75, 3.05) is 5.73 Å². The van der Waals surface area contributed by atoms with Crippen molar-refractivity contribution in [2.24, 2.45) is 0 Å². The van der Waals surface area contributed by atoms with Gasteiger partial charge in [-0.25, -0.2) is 0 Å². The van der Waals surface area contributed by atoms with Crippen LogP contribution in [-0.4, -0.2) is 5.78 Å². The Labute approximate surface area is 118 Å². The van der Waals surface area contributed by atoms with Gasteiger partial charge in [0, 0.05) is 11.3 Å². The fourth-order valence-corrected chi connectivity index (χ4v) is 2.31. The molecule has 2 nitrogen and oxygen atoms in total. The summed E-state index contributed by atoms with van der Waals surface area (Å²) in [5.74, 6) is -0.0105. The summed E-state index contributed by atoms with van der Waals surface area (Å²) in [6, 6.07) is 14.7. The molecule has 2 rings (SSSR count). The molecule has 0 spiro atoms. The number of anilines is 1. The number of carbonyl (C=O) groups excluding carboxylic acids is 1. The van der Waals surface area contributed by atoms with E-state index in [1.165, 1.54) is 0 Å². The summed E-state index contributed by atoms with van der Waals surface area (Å²) < 4.78 is 0. The molecule has 98 valence electrons. The standard InChI is InChI=1S/C16H16ClNO/c1-16(2,11-6-4-3-5-7-11)15(19)13-9-8-12(18)10-14(13)17/h3-10H,18H2,1-2H3. The predicted octanol–water partition coefficient (Wildman–Crippen LogP) is 4.08. The van der Waals surface area contributed by atoms with Crippen molar-refractivity contribution in [1.82, 2.24) is 0 Å². The van der Waals surface area contributed by atoms with Crippen LogP contribution in [0.15, 0.2) is 48.5 Å². The van der Waals surface area contributed by atoms with E-state index in [-0.39, 0.29) is 5.78 Å². The van der Waals surface area contributed by atoms with Gasteiger partial charge in [-0.05, 0) is 37.6 Å². The number of Topliss-reactive ketones (excluding diaryl/α,β-unsaturated/α-hetero) is 1. The maximum absolute atomic E-state index is 12.7. The molecule has 2 N–H and O–H groups in total. The van der Waals surface area contributed by atoms with E-state index in [9.17, 15) is 4.79 Å². The Morgan fingerprint density at radius 2 is 1.74 bits per heavy atom. The number of carbonyl (C=O) groups is 1. The summed E-state index contributed by atoms with van der Waals surface area (Å²) in [6.45, 7) is 3.80. The Morgan fingerprint density at radius 3 is 2.32 bits per heavy atom. The first-order chi connectivity index (χ1) is 8.93. The van der Waals surface area contributed by atoms with Crippen molar-refractivity contribution < 1.29 is 4.79 Å². The molecular weight excluding hydrogens is 258 g/mol. The third-order valence-corrected chi connectivity index (χ3v) is 3.61. The van der Waals surface area contributed by atoms with Gasteiger partial charge in [0.15, 0.2) is 5.78 Å². The average Bonchev–Trinajstić information content (AvgIpc) is 2.39. The summed E-state index contributed by atoms with van der Waals surface area (Å²) in [6.07, 6.45) is 0. The molecule has 0 aliphatic rings. The lowest BCUT2D eigenvalue weighted by Crippen LogP contribution is -2.29. The highest BCUT2D eigenvalue weighted by Gasteiger charge is 2.31. The average molecular weight is 274 g/mol. The fraction of sp³-hybridized carbons (Fsp3) is 0.188. The SMILES string of the molecule is CC(C)(C(=O)c1ccc(N)cc1Cl)c1ccccc1. The minimum atomic E-state index is -0.624. The fourth-order valence-electron chi connectivity index (χ4n) is 2.04. The Balaban J connectivity index is 2.43. The normalized spacial score (nSPS) is 11.3. The largest absolute Gasteiger partial charge is 0.399 e. The molecular formula is C16H16ClNO. The molecule has 0 atom stereocenters. The van der Waals surface area contributed by atoms with Crippen molar-refractivity contribution in [3.63, 3.8) is 0 Å². The zero-order valence-electron chi connectivity index (χ0n) is 11.0. The summed E-state index contributed by atoms with van der Waals surface area (Å²) in [4.78, 5) is 12.7. The molecule has 0 unspecified atom stereocenters. The topological polar surface area (TPSA) is 43.1 Å². The van der Waals surface area contributed by atoms with Crippen LogP contribution < -0.4 is 5.73 Å². The molecule has 0 radical (unpaired) electrons. The second kappa shape index (κ2) is 5.06. The zero-order valence-corrected chi connectivity index (χ0v) is 11.7. The lowest BCUT2D eigenvalue weighted by Gasteiger charge is -2.24. The third-order valence-electron chi connectivity index (χ3n) is 3.30. The van der Waals surface area contributed by atoms with Gasteiger partial charge in [0.1, 0.15) is 0 Å². The van der Waals surface area contributed by atoms with E-state index in [4.69, 9.17) is 17.3 Å². The first-order valence-electron chi connectivity index (χ1n) is 6.08. The molecule has 2 aromatic carbocycles. The number of benzene rings is 2. The van der Waals surface area contributed by atoms with Crippen LogP contribution >= 0.6 is 11.6 Å². The van der Waals surface area contributed by atoms with Crippen LogP contribution in [0.4, 0.5) is 5.69 Å². The minimum absolute atomic E-state index is 0.0105. The Morgan fingerprint density at radius 1 is 1.11 bits per heavy atom. The maximum Gasteiger partial charge on any atom is 0.174 e. The maximum atomic E-state index is 12.7. The van der Waals surface area contributed by atoms with Crippen LogP contribution in [0.5, 0.6) is 0 Å². The molecule has 0 saturated heterocycles. The summed E-state index contributed by atoms with van der Waals surface area (Å²) in [5, 5.41) is 0.397. The second-order valence-electron chi connectivity index (χ2n) is 5.06. The molecule has 0 aliphatic carbocycles. The number of nitrogens with two attached hydrogens (primary N) is 1. The first-order valence-corrected chi connectivity index (χ1v) is 6.46. The molecule has 0 aliphatic heterocycles. The van der Waals surface area contributed by atoms with Crippen molar-refractivity contribution in [2.45, 2.75) is 19.3 Å². The van der Waals surface area contributed by atoms with Crippen molar-refractivity contribution >= 4 is 23.1 Å². The Hall–Kier alpha value is -1.80. The summed E-state index contributed by atoms with van der Waals surface area (Å²) in [5.41, 5.74) is 7.05. The van der Waals surface area contributed by atoms with Crippen molar-refractivity contribution in [1.29, 1.82) is 0 Å². The third kappa shape index (κ3) is 2.64. The van der Waals surface area contributed by atoms with Crippen LogP contribution in [0.2, 0.25) is 5.02 Å². The van der Waals surface area contributed by atoms with Gasteiger partial charge in [-0.1, -0.05) is 41.9 Å². The van der Waals surface area contributed by atoms with E-state index in [0.29, 0.717) is 16.3 Å². The van der Waals surface area contributed by atoms with Crippen LogP contribution in [0.1, 0.15) is 29.8 Å². The van der Waals surface area contributed by atoms with Crippen LogP contribution in [-0.2, 0) is 5.41 Å². The van der Waals surface area contributed by atoms with Gasteiger partial charge in [0.2, 0.25) is 0 Å². The monoisotopic (exact) mass is 273 g/mol. The number of rotatable bonds is 3. The van der Waals surface area contributed by atoms with Gasteiger partial charge in [-0.15, -0.1) is 0 Å². The Bertz CT molecular complexity index is 605. The van der Waals surface area contributed by atoms with E-state index in [0.717, 1.165) is 5.56 Å². The number of ketones is 1. The molecule has 0 saturated carbocycles. The van der Waals surface area contributed by atoms with E-state index in [1.807, 2.05) is 44.2 Å². The minimum Gasteiger partial charge on any atom is -0.399 e. The van der Waals surface area contributed by atoms with E-state index < -0.39 is 5.41 Å². The van der Waals surface area contributed by atoms with Gasteiger partial charge in [0.25, 0.3) is 0 Å². The smallest absolute Gasteiger partial charge is 0.174 e. The highest BCUT2D eigenvalue weighted by molar-refractivity contribution is 6.34.